The van der Waals surface area contributed by atoms with Gasteiger partial charge in [-0.3, -0.25) is 14.2 Å². The zero-order valence-electron chi connectivity index (χ0n) is 16.9. The maximum Gasteiger partial charge on any atom is 0.233 e. The van der Waals surface area contributed by atoms with Crippen LogP contribution in [-0.4, -0.2) is 33.6 Å². The highest BCUT2D eigenvalue weighted by molar-refractivity contribution is 7.91. The van der Waals surface area contributed by atoms with Crippen LogP contribution in [0.3, 0.4) is 0 Å². The number of ketones is 1. The van der Waals surface area contributed by atoms with Gasteiger partial charge in [0.2, 0.25) is 15.6 Å². The summed E-state index contributed by atoms with van der Waals surface area (Å²) in [5.41, 5.74) is 2.14. The van der Waals surface area contributed by atoms with Crippen LogP contribution in [0.25, 0.3) is 16.7 Å². The maximum absolute atomic E-state index is 13.0. The van der Waals surface area contributed by atoms with Crippen LogP contribution in [-0.2, 0) is 16.3 Å². The van der Waals surface area contributed by atoms with Gasteiger partial charge in [-0.1, -0.05) is 18.2 Å². The largest absolute Gasteiger partial charge is 0.294 e. The Bertz CT molecular complexity index is 1560. The van der Waals surface area contributed by atoms with Crippen molar-refractivity contribution in [3.63, 3.8) is 0 Å². The lowest BCUT2D eigenvalue weighted by Crippen LogP contribution is -2.05. The fourth-order valence-electron chi connectivity index (χ4n) is 3.55. The van der Waals surface area contributed by atoms with Crippen LogP contribution in [0.2, 0.25) is 0 Å². The molecule has 32 heavy (non-hydrogen) atoms. The molecule has 2 aromatic carbocycles. The van der Waals surface area contributed by atoms with Crippen LogP contribution in [0.15, 0.2) is 95.4 Å². The van der Waals surface area contributed by atoms with Crippen molar-refractivity contribution in [3.05, 3.63) is 96.7 Å². The Morgan fingerprint density at radius 3 is 2.56 bits per heavy atom. The van der Waals surface area contributed by atoms with Crippen molar-refractivity contribution in [2.45, 2.75) is 22.6 Å². The molecule has 8 heteroatoms. The second kappa shape index (κ2) is 7.97. The first kappa shape index (κ1) is 20.0. The maximum atomic E-state index is 13.0. The third-order valence-electron chi connectivity index (χ3n) is 5.33. The molecule has 3 aromatic heterocycles. The molecule has 0 aliphatic heterocycles. The third kappa shape index (κ3) is 3.76. The van der Waals surface area contributed by atoms with Gasteiger partial charge >= 0.3 is 0 Å². The highest BCUT2D eigenvalue weighted by Gasteiger charge is 2.18. The second-order valence-electron chi connectivity index (χ2n) is 7.41. The molecule has 5 aromatic rings. The molecule has 0 unspecified atom stereocenters. The molecule has 0 spiro atoms. The summed E-state index contributed by atoms with van der Waals surface area (Å²) in [5.74, 6) is 0.510. The summed E-state index contributed by atoms with van der Waals surface area (Å²) in [6.45, 7) is 0. The summed E-state index contributed by atoms with van der Waals surface area (Å²) >= 11 is 0. The van der Waals surface area contributed by atoms with Gasteiger partial charge in [-0.25, -0.2) is 18.4 Å². The van der Waals surface area contributed by atoms with E-state index in [1.807, 2.05) is 6.07 Å². The normalized spacial score (nSPS) is 11.8. The minimum Gasteiger partial charge on any atom is -0.294 e. The van der Waals surface area contributed by atoms with E-state index in [0.717, 1.165) is 16.5 Å². The van der Waals surface area contributed by atoms with Crippen molar-refractivity contribution in [1.29, 1.82) is 0 Å². The Morgan fingerprint density at radius 1 is 0.906 bits per heavy atom. The molecule has 158 valence electrons. The Labute approximate surface area is 184 Å². The van der Waals surface area contributed by atoms with E-state index in [4.69, 9.17) is 0 Å². The number of fused-ring (bicyclic) bond motifs is 2. The zero-order valence-corrected chi connectivity index (χ0v) is 17.7. The van der Waals surface area contributed by atoms with Crippen LogP contribution in [0.5, 0.6) is 0 Å². The van der Waals surface area contributed by atoms with Gasteiger partial charge in [0.15, 0.2) is 5.78 Å². The van der Waals surface area contributed by atoms with Crippen LogP contribution < -0.4 is 0 Å². The predicted molar refractivity (Wildman–Crippen MR) is 119 cm³/mol. The minimum atomic E-state index is -3.65. The Morgan fingerprint density at radius 2 is 1.72 bits per heavy atom. The summed E-state index contributed by atoms with van der Waals surface area (Å²) in [4.78, 5) is 25.4. The van der Waals surface area contributed by atoms with Crippen molar-refractivity contribution >= 4 is 32.3 Å². The molecular weight excluding hydrogens is 424 g/mol. The molecule has 0 saturated heterocycles. The van der Waals surface area contributed by atoms with Crippen molar-refractivity contribution in [2.24, 2.45) is 0 Å². The molecule has 3 heterocycles. The summed E-state index contributed by atoms with van der Waals surface area (Å²) < 4.78 is 27.8. The Kier molecular flexibility index (Phi) is 4.99. The molecule has 0 amide bonds. The van der Waals surface area contributed by atoms with Gasteiger partial charge in [-0.15, -0.1) is 0 Å². The number of benzene rings is 2. The smallest absolute Gasteiger partial charge is 0.233 e. The molecular formula is C24H18N4O3S. The average Bonchev–Trinajstić information content (AvgIpc) is 3.30. The van der Waals surface area contributed by atoms with E-state index >= 15 is 0 Å². The monoisotopic (exact) mass is 442 g/mol. The average molecular weight is 443 g/mol. The number of aromatic nitrogens is 4. The molecule has 0 atom stereocenters. The Balaban J connectivity index is 1.31. The number of hydrogen-bond acceptors (Lipinski definition) is 6. The predicted octanol–water partition coefficient (Wildman–Crippen LogP) is 3.93. The first-order chi connectivity index (χ1) is 15.5. The first-order valence-corrected chi connectivity index (χ1v) is 11.5. The number of Topliss-reactive ketones (excluding diaryl/α,β-unsaturated/α-hetero) is 1. The molecule has 0 radical (unpaired) electrons. The van der Waals surface area contributed by atoms with E-state index in [1.165, 1.54) is 6.20 Å². The molecule has 0 aliphatic carbocycles. The quantitative estimate of drug-likeness (QED) is 0.370. The van der Waals surface area contributed by atoms with E-state index in [0.29, 0.717) is 24.2 Å². The number of aryl methyl sites for hydroxylation is 1. The van der Waals surface area contributed by atoms with Crippen LogP contribution in [0.1, 0.15) is 22.3 Å². The summed E-state index contributed by atoms with van der Waals surface area (Å²) in [6.07, 6.45) is 9.08. The lowest BCUT2D eigenvalue weighted by molar-refractivity contribution is 0.0982. The summed E-state index contributed by atoms with van der Waals surface area (Å²) in [5, 5.41) is 0.770. The summed E-state index contributed by atoms with van der Waals surface area (Å²) in [7, 11) is -3.65. The van der Waals surface area contributed by atoms with Crippen LogP contribution >= 0.6 is 0 Å². The molecule has 0 saturated carbocycles. The number of carbonyl (C=O) groups excluding carboxylic acids is 1. The molecule has 0 bridgehead atoms. The molecule has 7 nitrogen and oxygen atoms in total. The van der Waals surface area contributed by atoms with Gasteiger partial charge in [0.05, 0.1) is 20.9 Å². The van der Waals surface area contributed by atoms with Gasteiger partial charge in [-0.05, 0) is 48.4 Å². The van der Waals surface area contributed by atoms with Crippen molar-refractivity contribution < 1.29 is 13.2 Å². The number of imidazole rings is 1. The lowest BCUT2D eigenvalue weighted by atomic mass is 10.0. The zero-order chi connectivity index (χ0) is 22.1. The van der Waals surface area contributed by atoms with Gasteiger partial charge in [0.25, 0.3) is 0 Å². The van der Waals surface area contributed by atoms with E-state index in [1.54, 1.807) is 77.7 Å². The molecule has 0 N–H and O–H groups in total. The van der Waals surface area contributed by atoms with Gasteiger partial charge in [0.1, 0.15) is 0 Å². The first-order valence-electron chi connectivity index (χ1n) is 10.0. The highest BCUT2D eigenvalue weighted by atomic mass is 32.2. The standard InChI is InChI=1S/C24H18N4O3S/c29-23(19-15-27-24-26-12-13-28(24)16-19)10-5-17-3-6-20(7-4-17)32(30,31)21-8-9-22-18(14-21)2-1-11-25-22/h1-4,6-9,11-16H,5,10H2. The third-order valence-corrected chi connectivity index (χ3v) is 7.09. The van der Waals surface area contributed by atoms with E-state index in [9.17, 15) is 13.2 Å². The van der Waals surface area contributed by atoms with Crippen molar-refractivity contribution in [3.8, 4) is 0 Å². The van der Waals surface area contributed by atoms with E-state index in [2.05, 4.69) is 15.0 Å². The van der Waals surface area contributed by atoms with Crippen LogP contribution in [0.4, 0.5) is 0 Å². The lowest BCUT2D eigenvalue weighted by Gasteiger charge is -2.07. The Hall–Kier alpha value is -3.91. The number of nitrogens with zero attached hydrogens (tertiary/aromatic N) is 4. The fourth-order valence-corrected chi connectivity index (χ4v) is 4.85. The van der Waals surface area contributed by atoms with Gasteiger partial charge in [0, 0.05) is 42.8 Å². The molecule has 0 aliphatic rings. The number of rotatable bonds is 6. The second-order valence-corrected chi connectivity index (χ2v) is 9.36. The number of sulfone groups is 1. The molecule has 5 rings (SSSR count). The van der Waals surface area contributed by atoms with Gasteiger partial charge in [-0.2, -0.15) is 0 Å². The minimum absolute atomic E-state index is 0.0328. The fraction of sp³-hybridized carbons (Fsp3) is 0.0833. The molecule has 0 fully saturated rings. The number of hydrogen-bond donors (Lipinski definition) is 0. The number of pyridine rings is 1. The SMILES string of the molecule is O=C(CCc1ccc(S(=O)(=O)c2ccc3ncccc3c2)cc1)c1cnc2nccn2c1. The summed E-state index contributed by atoms with van der Waals surface area (Å²) in [6, 6.07) is 15.2. The van der Waals surface area contributed by atoms with Crippen molar-refractivity contribution in [2.75, 3.05) is 0 Å². The van der Waals surface area contributed by atoms with E-state index in [-0.39, 0.29) is 15.6 Å². The highest BCUT2D eigenvalue weighted by Crippen LogP contribution is 2.24. The van der Waals surface area contributed by atoms with Crippen LogP contribution in [0, 0.1) is 0 Å². The van der Waals surface area contributed by atoms with Crippen molar-refractivity contribution in [1.82, 2.24) is 19.4 Å². The van der Waals surface area contributed by atoms with E-state index < -0.39 is 9.84 Å². The van der Waals surface area contributed by atoms with Gasteiger partial charge < -0.3 is 0 Å². The number of carbonyl (C=O) groups is 1. The topological polar surface area (TPSA) is 94.3 Å².